The van der Waals surface area contributed by atoms with Crippen molar-refractivity contribution in [2.24, 2.45) is 0 Å². The van der Waals surface area contributed by atoms with Gasteiger partial charge in [0.05, 0.1) is 7.11 Å². The van der Waals surface area contributed by atoms with Crippen molar-refractivity contribution in [1.82, 2.24) is 10.9 Å². The van der Waals surface area contributed by atoms with E-state index in [0.717, 1.165) is 5.56 Å². The van der Waals surface area contributed by atoms with Crippen LogP contribution in [0.4, 0.5) is 10.1 Å². The van der Waals surface area contributed by atoms with Crippen LogP contribution < -0.4 is 20.9 Å². The van der Waals surface area contributed by atoms with Gasteiger partial charge in [0.25, 0.3) is 5.91 Å². The van der Waals surface area contributed by atoms with Gasteiger partial charge < -0.3 is 10.1 Å². The van der Waals surface area contributed by atoms with Gasteiger partial charge >= 0.3 is 0 Å². The molecule has 0 aliphatic rings. The third-order valence-electron chi connectivity index (χ3n) is 2.95. The van der Waals surface area contributed by atoms with Gasteiger partial charge in [-0.05, 0) is 48.6 Å². The number of carbonyl (C=O) groups excluding carboxylic acids is 1. The Kier molecular flexibility index (Phi) is 6.27. The van der Waals surface area contributed by atoms with Gasteiger partial charge in [-0.1, -0.05) is 18.2 Å². The van der Waals surface area contributed by atoms with E-state index in [1.165, 1.54) is 30.3 Å². The minimum Gasteiger partial charge on any atom is -0.496 e. The highest BCUT2D eigenvalue weighted by atomic mass is 32.1. The van der Waals surface area contributed by atoms with Crippen molar-refractivity contribution in [3.63, 3.8) is 0 Å². The molecule has 2 aromatic rings. The monoisotopic (exact) mass is 345 g/mol. The second-order valence-electron chi connectivity index (χ2n) is 4.65. The predicted octanol–water partition coefficient (Wildman–Crippen LogP) is 2.87. The first-order valence-electron chi connectivity index (χ1n) is 7.02. The van der Waals surface area contributed by atoms with Crippen LogP contribution in [0.25, 0.3) is 6.08 Å². The van der Waals surface area contributed by atoms with Crippen LogP contribution in [0.15, 0.2) is 54.6 Å². The van der Waals surface area contributed by atoms with Crippen LogP contribution in [0.2, 0.25) is 0 Å². The first-order valence-corrected chi connectivity index (χ1v) is 7.43. The molecule has 0 bridgehead atoms. The zero-order valence-corrected chi connectivity index (χ0v) is 13.7. The molecule has 0 radical (unpaired) electrons. The quantitative estimate of drug-likeness (QED) is 0.452. The Morgan fingerprint density at radius 1 is 1.12 bits per heavy atom. The molecule has 0 atom stereocenters. The summed E-state index contributed by atoms with van der Waals surface area (Å²) < 4.78 is 18.0. The number of ether oxygens (including phenoxy) is 1. The standard InChI is InChI=1S/C17H16FN3O2S/c1-23-15-5-3-2-4-12(15)6-11-16(22)20-21-17(24)19-14-9-7-13(18)8-10-14/h2-11H,1H3,(H,20,22)(H2,19,21,24)/b11-6+. The number of amides is 1. The van der Waals surface area contributed by atoms with Gasteiger partial charge in [-0.15, -0.1) is 0 Å². The molecule has 3 N–H and O–H groups in total. The third kappa shape index (κ3) is 5.36. The topological polar surface area (TPSA) is 62.4 Å². The SMILES string of the molecule is COc1ccccc1/C=C/C(=O)NNC(=S)Nc1ccc(F)cc1. The first-order chi connectivity index (χ1) is 11.6. The number of nitrogens with one attached hydrogen (secondary N) is 3. The summed E-state index contributed by atoms with van der Waals surface area (Å²) in [5, 5.41) is 2.99. The Hall–Kier alpha value is -2.93. The molecule has 24 heavy (non-hydrogen) atoms. The lowest BCUT2D eigenvalue weighted by Crippen LogP contribution is -2.43. The number of hydrogen-bond donors (Lipinski definition) is 3. The van der Waals surface area contributed by atoms with Crippen molar-refractivity contribution in [3.05, 3.63) is 66.0 Å². The molecule has 0 unspecified atom stereocenters. The Morgan fingerprint density at radius 2 is 1.83 bits per heavy atom. The fraction of sp³-hybridized carbons (Fsp3) is 0.0588. The summed E-state index contributed by atoms with van der Waals surface area (Å²) in [5.41, 5.74) is 6.37. The zero-order valence-electron chi connectivity index (χ0n) is 12.9. The fourth-order valence-corrected chi connectivity index (χ4v) is 1.99. The van der Waals surface area contributed by atoms with Gasteiger partial charge in [0.1, 0.15) is 11.6 Å². The van der Waals surface area contributed by atoms with Crippen LogP contribution in [0.5, 0.6) is 5.75 Å². The molecule has 0 saturated carbocycles. The van der Waals surface area contributed by atoms with Crippen molar-refractivity contribution in [3.8, 4) is 5.75 Å². The molecule has 0 fully saturated rings. The third-order valence-corrected chi connectivity index (χ3v) is 3.16. The lowest BCUT2D eigenvalue weighted by Gasteiger charge is -2.10. The van der Waals surface area contributed by atoms with Gasteiger partial charge in [-0.3, -0.25) is 15.6 Å². The summed E-state index contributed by atoms with van der Waals surface area (Å²) in [4.78, 5) is 11.8. The number of methoxy groups -OCH3 is 1. The number of para-hydroxylation sites is 1. The number of rotatable bonds is 4. The van der Waals surface area contributed by atoms with E-state index < -0.39 is 0 Å². The predicted molar refractivity (Wildman–Crippen MR) is 95.9 cm³/mol. The molecule has 0 heterocycles. The van der Waals surface area contributed by atoms with E-state index in [9.17, 15) is 9.18 Å². The number of thiocarbonyl (C=S) groups is 1. The van der Waals surface area contributed by atoms with E-state index in [1.54, 1.807) is 19.3 Å². The van der Waals surface area contributed by atoms with Gasteiger partial charge in [-0.25, -0.2) is 4.39 Å². The van der Waals surface area contributed by atoms with Crippen LogP contribution in [0.1, 0.15) is 5.56 Å². The van der Waals surface area contributed by atoms with Gasteiger partial charge in [0, 0.05) is 17.3 Å². The van der Waals surface area contributed by atoms with E-state index in [1.807, 2.05) is 18.2 Å². The molecule has 7 heteroatoms. The fourth-order valence-electron chi connectivity index (χ4n) is 1.83. The molecule has 0 saturated heterocycles. The molecular formula is C17H16FN3O2S. The number of carbonyl (C=O) groups is 1. The summed E-state index contributed by atoms with van der Waals surface area (Å²) in [6.07, 6.45) is 2.98. The number of benzene rings is 2. The lowest BCUT2D eigenvalue weighted by molar-refractivity contribution is -0.116. The molecule has 0 spiro atoms. The lowest BCUT2D eigenvalue weighted by atomic mass is 10.2. The minimum atomic E-state index is -0.385. The number of anilines is 1. The summed E-state index contributed by atoms with van der Waals surface area (Å²) in [6, 6.07) is 13.0. The van der Waals surface area contributed by atoms with Crippen molar-refractivity contribution in [1.29, 1.82) is 0 Å². The van der Waals surface area contributed by atoms with Gasteiger partial charge in [0.2, 0.25) is 0 Å². The molecule has 0 aromatic heterocycles. The van der Waals surface area contributed by atoms with Crippen molar-refractivity contribution < 1.29 is 13.9 Å². The summed E-state index contributed by atoms with van der Waals surface area (Å²) in [7, 11) is 1.56. The summed E-state index contributed by atoms with van der Waals surface area (Å²) in [5.74, 6) is -0.0543. The summed E-state index contributed by atoms with van der Waals surface area (Å²) in [6.45, 7) is 0. The van der Waals surface area contributed by atoms with Crippen molar-refractivity contribution in [2.45, 2.75) is 0 Å². The van der Waals surface area contributed by atoms with E-state index in [2.05, 4.69) is 16.2 Å². The minimum absolute atomic E-state index is 0.181. The number of hydrogen-bond acceptors (Lipinski definition) is 3. The maximum Gasteiger partial charge on any atom is 0.262 e. The van der Waals surface area contributed by atoms with E-state index >= 15 is 0 Å². The Labute approximate surface area is 144 Å². The van der Waals surface area contributed by atoms with E-state index in [4.69, 9.17) is 17.0 Å². The summed E-state index contributed by atoms with van der Waals surface area (Å²) >= 11 is 5.03. The van der Waals surface area contributed by atoms with Crippen LogP contribution in [0.3, 0.4) is 0 Å². The maximum atomic E-state index is 12.8. The second kappa shape index (κ2) is 8.64. The van der Waals surface area contributed by atoms with Crippen molar-refractivity contribution >= 4 is 35.0 Å². The highest BCUT2D eigenvalue weighted by molar-refractivity contribution is 7.80. The van der Waals surface area contributed by atoms with Crippen LogP contribution in [-0.2, 0) is 4.79 Å². The van der Waals surface area contributed by atoms with E-state index in [0.29, 0.717) is 11.4 Å². The molecule has 2 rings (SSSR count). The van der Waals surface area contributed by atoms with Crippen LogP contribution in [-0.4, -0.2) is 18.1 Å². The Balaban J connectivity index is 1.83. The number of halogens is 1. The molecule has 5 nitrogen and oxygen atoms in total. The average molecular weight is 345 g/mol. The Bertz CT molecular complexity index is 748. The average Bonchev–Trinajstić information content (AvgIpc) is 2.60. The van der Waals surface area contributed by atoms with Gasteiger partial charge in [0.15, 0.2) is 5.11 Å². The van der Waals surface area contributed by atoms with E-state index in [-0.39, 0.29) is 16.8 Å². The van der Waals surface area contributed by atoms with Gasteiger partial charge in [-0.2, -0.15) is 0 Å². The zero-order chi connectivity index (χ0) is 17.4. The molecule has 0 aliphatic heterocycles. The normalized spacial score (nSPS) is 10.2. The second-order valence-corrected chi connectivity index (χ2v) is 5.06. The smallest absolute Gasteiger partial charge is 0.262 e. The van der Waals surface area contributed by atoms with Crippen molar-refractivity contribution in [2.75, 3.05) is 12.4 Å². The molecule has 2 aromatic carbocycles. The Morgan fingerprint density at radius 3 is 2.54 bits per heavy atom. The molecule has 1 amide bonds. The molecular weight excluding hydrogens is 329 g/mol. The highest BCUT2D eigenvalue weighted by Crippen LogP contribution is 2.18. The highest BCUT2D eigenvalue weighted by Gasteiger charge is 2.01. The van der Waals surface area contributed by atoms with Crippen LogP contribution >= 0.6 is 12.2 Å². The molecule has 0 aliphatic carbocycles. The van der Waals surface area contributed by atoms with Crippen LogP contribution in [0, 0.1) is 5.82 Å². The maximum absolute atomic E-state index is 12.8. The largest absolute Gasteiger partial charge is 0.496 e. The number of hydrazine groups is 1. The molecule has 124 valence electrons. The first kappa shape index (κ1) is 17.4.